The van der Waals surface area contributed by atoms with Gasteiger partial charge in [0.05, 0.1) is 0 Å². The first kappa shape index (κ1) is 13.5. The van der Waals surface area contributed by atoms with Crippen molar-refractivity contribution >= 4 is 11.6 Å². The lowest BCUT2D eigenvalue weighted by Gasteiger charge is -2.41. The highest BCUT2D eigenvalue weighted by Crippen LogP contribution is 2.48. The molecular formula is C18H22O2. The highest BCUT2D eigenvalue weighted by atomic mass is 16.1. The van der Waals surface area contributed by atoms with Crippen molar-refractivity contribution in [1.82, 2.24) is 0 Å². The average molecular weight is 270 g/mol. The first-order valence-electron chi connectivity index (χ1n) is 7.80. The van der Waals surface area contributed by atoms with E-state index in [1.54, 1.807) is 0 Å². The third-order valence-electron chi connectivity index (χ3n) is 5.23. The van der Waals surface area contributed by atoms with Crippen LogP contribution in [0.4, 0.5) is 0 Å². The number of benzene rings is 1. The van der Waals surface area contributed by atoms with Crippen LogP contribution in [0, 0.1) is 11.3 Å². The molecule has 2 unspecified atom stereocenters. The van der Waals surface area contributed by atoms with Gasteiger partial charge in [0.1, 0.15) is 11.6 Å². The van der Waals surface area contributed by atoms with Gasteiger partial charge in [-0.05, 0) is 37.2 Å². The summed E-state index contributed by atoms with van der Waals surface area (Å²) in [6.07, 6.45) is 6.66. The van der Waals surface area contributed by atoms with E-state index < -0.39 is 0 Å². The van der Waals surface area contributed by atoms with E-state index in [2.05, 4.69) is 12.1 Å². The van der Waals surface area contributed by atoms with Crippen molar-refractivity contribution in [2.45, 2.75) is 51.4 Å². The number of hydrogen-bond acceptors (Lipinski definition) is 2. The molecule has 0 heterocycles. The second-order valence-electron chi connectivity index (χ2n) is 6.43. The average Bonchev–Trinajstić information content (AvgIpc) is 2.61. The van der Waals surface area contributed by atoms with Gasteiger partial charge >= 0.3 is 0 Å². The highest BCUT2D eigenvalue weighted by molar-refractivity contribution is 5.89. The molecule has 0 aromatic heterocycles. The zero-order valence-electron chi connectivity index (χ0n) is 11.9. The van der Waals surface area contributed by atoms with Crippen molar-refractivity contribution in [3.8, 4) is 0 Å². The molecule has 106 valence electrons. The van der Waals surface area contributed by atoms with Crippen molar-refractivity contribution in [2.24, 2.45) is 11.3 Å². The van der Waals surface area contributed by atoms with Crippen molar-refractivity contribution < 1.29 is 9.59 Å². The van der Waals surface area contributed by atoms with Crippen LogP contribution < -0.4 is 0 Å². The maximum Gasteiger partial charge on any atom is 0.139 e. The molecule has 0 radical (unpaired) electrons. The van der Waals surface area contributed by atoms with Gasteiger partial charge in [0.15, 0.2) is 0 Å². The van der Waals surface area contributed by atoms with E-state index in [-0.39, 0.29) is 11.3 Å². The molecule has 2 saturated carbocycles. The van der Waals surface area contributed by atoms with Crippen molar-refractivity contribution in [3.05, 3.63) is 35.9 Å². The molecule has 2 aliphatic rings. The highest BCUT2D eigenvalue weighted by Gasteiger charge is 2.48. The third-order valence-corrected chi connectivity index (χ3v) is 5.23. The molecule has 0 bridgehead atoms. The molecule has 0 saturated heterocycles. The Morgan fingerprint density at radius 2 is 1.85 bits per heavy atom. The standard InChI is InChI=1S/C18H22O2/c19-16-10-11-18(13-14-6-2-1-3-7-14)15(12-16)8-4-5-9-17(18)20/h1-3,6-7,15H,4-5,8-13H2. The van der Waals surface area contributed by atoms with Crippen LogP contribution in [0.2, 0.25) is 0 Å². The zero-order valence-corrected chi connectivity index (χ0v) is 11.9. The quantitative estimate of drug-likeness (QED) is 0.820. The molecule has 0 aliphatic heterocycles. The van der Waals surface area contributed by atoms with E-state index in [4.69, 9.17) is 0 Å². The van der Waals surface area contributed by atoms with E-state index >= 15 is 0 Å². The van der Waals surface area contributed by atoms with Gasteiger partial charge in [-0.3, -0.25) is 9.59 Å². The minimum atomic E-state index is -0.258. The molecule has 2 nitrogen and oxygen atoms in total. The molecular weight excluding hydrogens is 248 g/mol. The number of ketones is 2. The third kappa shape index (κ3) is 2.44. The molecule has 0 amide bonds. The van der Waals surface area contributed by atoms with E-state index in [1.807, 2.05) is 18.2 Å². The molecule has 1 aromatic carbocycles. The lowest BCUT2D eigenvalue weighted by molar-refractivity contribution is -0.137. The maximum atomic E-state index is 12.8. The Morgan fingerprint density at radius 1 is 1.05 bits per heavy atom. The van der Waals surface area contributed by atoms with Crippen LogP contribution in [0.25, 0.3) is 0 Å². The number of rotatable bonds is 2. The van der Waals surface area contributed by atoms with Crippen LogP contribution in [0.1, 0.15) is 50.5 Å². The first-order valence-corrected chi connectivity index (χ1v) is 7.80. The van der Waals surface area contributed by atoms with Gasteiger partial charge in [0, 0.05) is 24.7 Å². The molecule has 1 aromatic rings. The summed E-state index contributed by atoms with van der Waals surface area (Å²) < 4.78 is 0. The Morgan fingerprint density at radius 3 is 2.65 bits per heavy atom. The van der Waals surface area contributed by atoms with Crippen molar-refractivity contribution in [2.75, 3.05) is 0 Å². The van der Waals surface area contributed by atoms with Crippen LogP contribution in [-0.4, -0.2) is 11.6 Å². The minimum Gasteiger partial charge on any atom is -0.300 e. The van der Waals surface area contributed by atoms with E-state index in [9.17, 15) is 9.59 Å². The summed E-state index contributed by atoms with van der Waals surface area (Å²) in [5, 5.41) is 0. The van der Waals surface area contributed by atoms with Crippen LogP contribution in [0.5, 0.6) is 0 Å². The molecule has 2 heteroatoms. The molecule has 0 spiro atoms. The van der Waals surface area contributed by atoms with E-state index in [0.29, 0.717) is 30.8 Å². The molecule has 2 aliphatic carbocycles. The maximum absolute atomic E-state index is 12.8. The lowest BCUT2D eigenvalue weighted by atomic mass is 9.60. The van der Waals surface area contributed by atoms with Crippen LogP contribution >= 0.6 is 0 Å². The second kappa shape index (κ2) is 5.51. The molecule has 2 fully saturated rings. The fourth-order valence-electron chi connectivity index (χ4n) is 4.10. The minimum absolute atomic E-state index is 0.258. The largest absolute Gasteiger partial charge is 0.300 e. The predicted molar refractivity (Wildman–Crippen MR) is 78.4 cm³/mol. The Bertz CT molecular complexity index is 505. The van der Waals surface area contributed by atoms with Gasteiger partial charge < -0.3 is 0 Å². The van der Waals surface area contributed by atoms with Crippen molar-refractivity contribution in [1.29, 1.82) is 0 Å². The summed E-state index contributed by atoms with van der Waals surface area (Å²) in [6.45, 7) is 0. The number of Topliss-reactive ketones (excluding diaryl/α,β-unsaturated/α-hetero) is 2. The Hall–Kier alpha value is -1.44. The van der Waals surface area contributed by atoms with Crippen LogP contribution in [0.15, 0.2) is 30.3 Å². The second-order valence-corrected chi connectivity index (χ2v) is 6.43. The fourth-order valence-corrected chi connectivity index (χ4v) is 4.10. The summed E-state index contributed by atoms with van der Waals surface area (Å²) in [4.78, 5) is 24.6. The van der Waals surface area contributed by atoms with Crippen LogP contribution in [-0.2, 0) is 16.0 Å². The van der Waals surface area contributed by atoms with Gasteiger partial charge in [-0.2, -0.15) is 0 Å². The molecule has 3 rings (SSSR count). The Kier molecular flexibility index (Phi) is 3.73. The van der Waals surface area contributed by atoms with Crippen molar-refractivity contribution in [3.63, 3.8) is 0 Å². The summed E-state index contributed by atoms with van der Waals surface area (Å²) >= 11 is 0. The van der Waals surface area contributed by atoms with Gasteiger partial charge in [-0.1, -0.05) is 36.8 Å². The number of carbonyl (C=O) groups excluding carboxylic acids is 2. The first-order chi connectivity index (χ1) is 9.71. The normalized spacial score (nSPS) is 30.7. The van der Waals surface area contributed by atoms with E-state index in [1.165, 1.54) is 5.56 Å². The SMILES string of the molecule is O=C1CCC2(Cc3ccccc3)C(=O)CCCCC2C1. The zero-order chi connectivity index (χ0) is 14.0. The summed E-state index contributed by atoms with van der Waals surface area (Å²) in [5.74, 6) is 1.05. The Labute approximate surface area is 120 Å². The fraction of sp³-hybridized carbons (Fsp3) is 0.556. The number of carbonyl (C=O) groups is 2. The monoisotopic (exact) mass is 270 g/mol. The predicted octanol–water partition coefficient (Wildman–Crippen LogP) is 3.73. The number of fused-ring (bicyclic) bond motifs is 1. The van der Waals surface area contributed by atoms with E-state index in [0.717, 1.165) is 32.1 Å². The van der Waals surface area contributed by atoms with Crippen LogP contribution in [0.3, 0.4) is 0 Å². The summed E-state index contributed by atoms with van der Waals surface area (Å²) in [7, 11) is 0. The molecule has 20 heavy (non-hydrogen) atoms. The number of hydrogen-bond donors (Lipinski definition) is 0. The topological polar surface area (TPSA) is 34.1 Å². The van der Waals surface area contributed by atoms with Gasteiger partial charge in [-0.25, -0.2) is 0 Å². The molecule has 2 atom stereocenters. The van der Waals surface area contributed by atoms with Gasteiger partial charge in [0.2, 0.25) is 0 Å². The lowest BCUT2D eigenvalue weighted by Crippen LogP contribution is -2.44. The van der Waals surface area contributed by atoms with Gasteiger partial charge in [-0.15, -0.1) is 0 Å². The Balaban J connectivity index is 1.94. The van der Waals surface area contributed by atoms with Gasteiger partial charge in [0.25, 0.3) is 0 Å². The summed E-state index contributed by atoms with van der Waals surface area (Å²) in [5.41, 5.74) is 0.980. The molecule has 0 N–H and O–H groups in total. The smallest absolute Gasteiger partial charge is 0.139 e. The summed E-state index contributed by atoms with van der Waals surface area (Å²) in [6, 6.07) is 10.3.